The van der Waals surface area contributed by atoms with Crippen LogP contribution in [0.3, 0.4) is 0 Å². The van der Waals surface area contributed by atoms with Gasteiger partial charge < -0.3 is 4.90 Å². The summed E-state index contributed by atoms with van der Waals surface area (Å²) in [7, 11) is 0. The van der Waals surface area contributed by atoms with E-state index in [1.807, 2.05) is 42.2 Å². The highest BCUT2D eigenvalue weighted by Gasteiger charge is 2.42. The number of hydrogen-bond acceptors (Lipinski definition) is 3. The molecule has 25 heavy (non-hydrogen) atoms. The van der Waals surface area contributed by atoms with Crippen molar-refractivity contribution < 1.29 is 9.59 Å². The minimum absolute atomic E-state index is 0.00707. The van der Waals surface area contributed by atoms with Crippen LogP contribution in [-0.4, -0.2) is 23.3 Å². The summed E-state index contributed by atoms with van der Waals surface area (Å²) in [4.78, 5) is 28.8. The third-order valence-corrected chi connectivity index (χ3v) is 5.15. The maximum Gasteiger partial charge on any atom is 0.283 e. The Bertz CT molecular complexity index is 919. The largest absolute Gasteiger partial charge is 0.361 e. The molecule has 2 aromatic rings. The molecule has 0 atom stereocenters. The standard InChI is InChI=1S/C20H17ClN2O2/c1-13-6-2-5-9-16(13)23-19(24)17(21)18(20(23)25)22-11-10-14-7-3-4-8-15(14)12-22/h2-9H,10-12H2,1H3. The molecule has 4 nitrogen and oxygen atoms in total. The van der Waals surface area contributed by atoms with Gasteiger partial charge in [-0.1, -0.05) is 54.1 Å². The molecule has 0 radical (unpaired) electrons. The first kappa shape index (κ1) is 15.9. The van der Waals surface area contributed by atoms with Crippen LogP contribution >= 0.6 is 11.6 Å². The highest BCUT2D eigenvalue weighted by molar-refractivity contribution is 6.52. The first-order valence-corrected chi connectivity index (χ1v) is 8.61. The molecule has 0 unspecified atom stereocenters. The Labute approximate surface area is 151 Å². The lowest BCUT2D eigenvalue weighted by atomic mass is 9.99. The third-order valence-electron chi connectivity index (χ3n) is 4.81. The van der Waals surface area contributed by atoms with E-state index < -0.39 is 5.91 Å². The minimum atomic E-state index is -0.449. The van der Waals surface area contributed by atoms with E-state index in [9.17, 15) is 9.59 Å². The Kier molecular flexibility index (Phi) is 3.85. The van der Waals surface area contributed by atoms with Crippen molar-refractivity contribution in [3.63, 3.8) is 0 Å². The van der Waals surface area contributed by atoms with Crippen molar-refractivity contribution in [2.24, 2.45) is 0 Å². The summed E-state index contributed by atoms with van der Waals surface area (Å²) >= 11 is 6.31. The number of rotatable bonds is 2. The molecule has 0 spiro atoms. The first-order valence-electron chi connectivity index (χ1n) is 8.24. The molecule has 0 saturated heterocycles. The van der Waals surface area contributed by atoms with Crippen molar-refractivity contribution in [3.05, 3.63) is 76.0 Å². The number of para-hydroxylation sites is 1. The van der Waals surface area contributed by atoms with E-state index in [2.05, 4.69) is 12.1 Å². The summed E-state index contributed by atoms with van der Waals surface area (Å²) in [5, 5.41) is 0.00707. The minimum Gasteiger partial charge on any atom is -0.361 e. The van der Waals surface area contributed by atoms with Gasteiger partial charge in [-0.05, 0) is 36.1 Å². The number of anilines is 1. The Hall–Kier alpha value is -2.59. The predicted octanol–water partition coefficient (Wildman–Crippen LogP) is 3.38. The Morgan fingerprint density at radius 3 is 2.36 bits per heavy atom. The molecule has 4 rings (SSSR count). The van der Waals surface area contributed by atoms with Gasteiger partial charge in [0.25, 0.3) is 11.8 Å². The summed E-state index contributed by atoms with van der Waals surface area (Å²) in [6.45, 7) is 3.13. The zero-order chi connectivity index (χ0) is 17.6. The molecule has 0 N–H and O–H groups in total. The van der Waals surface area contributed by atoms with Gasteiger partial charge in [0.15, 0.2) is 0 Å². The van der Waals surface area contributed by atoms with Crippen LogP contribution in [-0.2, 0) is 22.6 Å². The molecule has 126 valence electrons. The number of amides is 2. The maximum atomic E-state index is 13.0. The second kappa shape index (κ2) is 6.05. The van der Waals surface area contributed by atoms with Crippen molar-refractivity contribution in [1.82, 2.24) is 4.90 Å². The first-order chi connectivity index (χ1) is 12.1. The van der Waals surface area contributed by atoms with Crippen LogP contribution in [0.25, 0.3) is 0 Å². The highest BCUT2D eigenvalue weighted by Crippen LogP contribution is 2.34. The SMILES string of the molecule is Cc1ccccc1N1C(=O)C(Cl)=C(N2CCc3ccccc3C2)C1=O. The summed E-state index contributed by atoms with van der Waals surface area (Å²) < 4.78 is 0. The average molecular weight is 353 g/mol. The number of imide groups is 1. The lowest BCUT2D eigenvalue weighted by molar-refractivity contribution is -0.121. The van der Waals surface area contributed by atoms with Gasteiger partial charge in [-0.3, -0.25) is 9.59 Å². The van der Waals surface area contributed by atoms with Crippen molar-refractivity contribution in [2.75, 3.05) is 11.4 Å². The monoisotopic (exact) mass is 352 g/mol. The van der Waals surface area contributed by atoms with Crippen LogP contribution < -0.4 is 4.90 Å². The van der Waals surface area contributed by atoms with Gasteiger partial charge in [0.2, 0.25) is 0 Å². The molecule has 0 aromatic heterocycles. The fraction of sp³-hybridized carbons (Fsp3) is 0.200. The summed E-state index contributed by atoms with van der Waals surface area (Å²) in [5.41, 5.74) is 4.20. The number of nitrogens with zero attached hydrogens (tertiary/aromatic N) is 2. The summed E-state index contributed by atoms with van der Waals surface area (Å²) in [6.07, 6.45) is 0.829. The van der Waals surface area contributed by atoms with Gasteiger partial charge in [0, 0.05) is 13.1 Å². The van der Waals surface area contributed by atoms with E-state index in [0.29, 0.717) is 24.5 Å². The van der Waals surface area contributed by atoms with E-state index in [4.69, 9.17) is 11.6 Å². The molecule has 2 heterocycles. The topological polar surface area (TPSA) is 40.6 Å². The van der Waals surface area contributed by atoms with Crippen LogP contribution in [0, 0.1) is 6.92 Å². The van der Waals surface area contributed by atoms with Gasteiger partial charge in [-0.25, -0.2) is 4.90 Å². The lowest BCUT2D eigenvalue weighted by Crippen LogP contribution is -2.37. The van der Waals surface area contributed by atoms with Crippen LogP contribution in [0.5, 0.6) is 0 Å². The molecule has 2 amide bonds. The quantitative estimate of drug-likeness (QED) is 0.778. The van der Waals surface area contributed by atoms with Crippen LogP contribution in [0.1, 0.15) is 16.7 Å². The van der Waals surface area contributed by atoms with Crippen LogP contribution in [0.4, 0.5) is 5.69 Å². The number of halogens is 1. The Morgan fingerprint density at radius 1 is 0.920 bits per heavy atom. The molecule has 2 aliphatic rings. The van der Waals surface area contributed by atoms with E-state index >= 15 is 0 Å². The number of benzene rings is 2. The van der Waals surface area contributed by atoms with E-state index in [1.54, 1.807) is 6.07 Å². The number of carbonyl (C=O) groups is 2. The van der Waals surface area contributed by atoms with Crippen molar-refractivity contribution in [2.45, 2.75) is 19.9 Å². The van der Waals surface area contributed by atoms with E-state index in [0.717, 1.165) is 12.0 Å². The number of aryl methyl sites for hydroxylation is 1. The third kappa shape index (κ3) is 2.53. The maximum absolute atomic E-state index is 13.0. The molecule has 0 bridgehead atoms. The zero-order valence-electron chi connectivity index (χ0n) is 13.8. The fourth-order valence-corrected chi connectivity index (χ4v) is 3.77. The van der Waals surface area contributed by atoms with Crippen molar-refractivity contribution in [1.29, 1.82) is 0 Å². The van der Waals surface area contributed by atoms with Gasteiger partial charge in [0.05, 0.1) is 5.69 Å². The molecule has 5 heteroatoms. The van der Waals surface area contributed by atoms with E-state index in [-0.39, 0.29) is 10.9 Å². The smallest absolute Gasteiger partial charge is 0.283 e. The van der Waals surface area contributed by atoms with Gasteiger partial charge in [-0.2, -0.15) is 0 Å². The highest BCUT2D eigenvalue weighted by atomic mass is 35.5. The van der Waals surface area contributed by atoms with Crippen molar-refractivity contribution >= 4 is 29.1 Å². The molecular formula is C20H17ClN2O2. The molecular weight excluding hydrogens is 336 g/mol. The van der Waals surface area contributed by atoms with Crippen LogP contribution in [0.2, 0.25) is 0 Å². The number of carbonyl (C=O) groups excluding carboxylic acids is 2. The molecule has 2 aromatic carbocycles. The second-order valence-electron chi connectivity index (χ2n) is 6.34. The van der Waals surface area contributed by atoms with Gasteiger partial charge in [-0.15, -0.1) is 0 Å². The van der Waals surface area contributed by atoms with E-state index in [1.165, 1.54) is 16.0 Å². The zero-order valence-corrected chi connectivity index (χ0v) is 14.6. The number of fused-ring (bicyclic) bond motifs is 1. The molecule has 0 saturated carbocycles. The molecule has 0 fully saturated rings. The lowest BCUT2D eigenvalue weighted by Gasteiger charge is -2.31. The second-order valence-corrected chi connectivity index (χ2v) is 6.71. The molecule has 2 aliphatic heterocycles. The fourth-order valence-electron chi connectivity index (χ4n) is 3.49. The molecule has 0 aliphatic carbocycles. The van der Waals surface area contributed by atoms with Gasteiger partial charge in [0.1, 0.15) is 10.7 Å². The summed E-state index contributed by atoms with van der Waals surface area (Å²) in [6, 6.07) is 15.5. The normalized spacial score (nSPS) is 17.4. The van der Waals surface area contributed by atoms with Crippen LogP contribution in [0.15, 0.2) is 59.3 Å². The number of hydrogen-bond donors (Lipinski definition) is 0. The Balaban J connectivity index is 1.69. The average Bonchev–Trinajstić information content (AvgIpc) is 2.84. The van der Waals surface area contributed by atoms with Gasteiger partial charge >= 0.3 is 0 Å². The Morgan fingerprint density at radius 2 is 1.60 bits per heavy atom. The summed E-state index contributed by atoms with van der Waals surface area (Å²) in [5.74, 6) is -0.793. The predicted molar refractivity (Wildman–Crippen MR) is 97.1 cm³/mol. The van der Waals surface area contributed by atoms with Crippen molar-refractivity contribution in [3.8, 4) is 0 Å².